The van der Waals surface area contributed by atoms with Gasteiger partial charge in [0.2, 0.25) is 11.8 Å². The lowest BCUT2D eigenvalue weighted by Crippen LogP contribution is -2.37. The number of aromatic nitrogens is 2. The summed E-state index contributed by atoms with van der Waals surface area (Å²) in [6.45, 7) is 4.95. The molecule has 1 aliphatic rings. The predicted molar refractivity (Wildman–Crippen MR) is 71.1 cm³/mol. The van der Waals surface area contributed by atoms with Gasteiger partial charge in [0, 0.05) is 20.0 Å². The first-order valence-corrected chi connectivity index (χ1v) is 5.22. The molecule has 1 saturated heterocycles. The maximum Gasteiger partial charge on any atom is 0.231 e. The number of likely N-dealkylation sites (tertiary alicyclic amines) is 1. The number of hydrogen-bond donors (Lipinski definition) is 0. The summed E-state index contributed by atoms with van der Waals surface area (Å²) >= 11 is 0. The van der Waals surface area contributed by atoms with Crippen LogP contribution in [0.3, 0.4) is 0 Å². The Labute approximate surface area is 106 Å². The molecule has 1 fully saturated rings. The Morgan fingerprint density at radius 2 is 2.24 bits per heavy atom. The molecule has 1 aliphatic heterocycles. The largest absolute Gasteiger partial charge is 0.342 e. The van der Waals surface area contributed by atoms with Crippen LogP contribution in [0.5, 0.6) is 0 Å². The summed E-state index contributed by atoms with van der Waals surface area (Å²) < 4.78 is 5.13. The zero-order valence-electron chi connectivity index (χ0n) is 9.77. The number of rotatable bonds is 1. The van der Waals surface area contributed by atoms with E-state index in [2.05, 4.69) is 10.1 Å². The summed E-state index contributed by atoms with van der Waals surface area (Å²) in [5.74, 6) is 1.66. The van der Waals surface area contributed by atoms with E-state index in [-0.39, 0.29) is 29.2 Å². The summed E-state index contributed by atoms with van der Waals surface area (Å²) in [6.07, 6.45) is 2.02. The molecule has 2 atom stereocenters. The van der Waals surface area contributed by atoms with Crippen LogP contribution in [0.25, 0.3) is 0 Å². The van der Waals surface area contributed by atoms with E-state index in [4.69, 9.17) is 4.52 Å². The second-order valence-electron chi connectivity index (χ2n) is 3.98. The molecule has 0 aliphatic carbocycles. The lowest BCUT2D eigenvalue weighted by atomic mass is 9.98. The van der Waals surface area contributed by atoms with Gasteiger partial charge in [-0.05, 0) is 19.8 Å². The molecule has 6 heteroatoms. The zero-order chi connectivity index (χ0) is 10.8. The highest BCUT2D eigenvalue weighted by molar-refractivity contribution is 6.92. The zero-order valence-corrected chi connectivity index (χ0v) is 11.2. The quantitative estimate of drug-likeness (QED) is 0.721. The van der Waals surface area contributed by atoms with Crippen LogP contribution in [0.1, 0.15) is 44.8 Å². The van der Waals surface area contributed by atoms with E-state index in [1.807, 2.05) is 4.90 Å². The van der Waals surface area contributed by atoms with Crippen molar-refractivity contribution in [3.63, 3.8) is 0 Å². The van der Waals surface area contributed by atoms with E-state index in [1.54, 1.807) is 13.8 Å². The number of piperidine rings is 1. The predicted octanol–water partition coefficient (Wildman–Crippen LogP) is 1.80. The second kappa shape index (κ2) is 6.70. The average molecular weight is 259 g/mol. The molecule has 1 amide bonds. The number of aryl methyl sites for hydroxylation is 1. The highest BCUT2D eigenvalue weighted by Gasteiger charge is 2.26. The molecule has 0 saturated carbocycles. The first-order chi connectivity index (χ1) is 7.16. The molecule has 0 aromatic carbocycles. The van der Waals surface area contributed by atoms with Crippen molar-refractivity contribution in [1.29, 1.82) is 0 Å². The van der Waals surface area contributed by atoms with E-state index in [9.17, 15) is 4.79 Å². The molecule has 2 rings (SSSR count). The molecule has 2 heterocycles. The van der Waals surface area contributed by atoms with Crippen LogP contribution in [0.2, 0.25) is 0 Å². The van der Waals surface area contributed by atoms with Gasteiger partial charge in [-0.25, -0.2) is 0 Å². The first kappa shape index (κ1) is 16.0. The van der Waals surface area contributed by atoms with Gasteiger partial charge in [-0.2, -0.15) is 14.9 Å². The lowest BCUT2D eigenvalue weighted by Gasteiger charge is -2.29. The first-order valence-electron chi connectivity index (χ1n) is 5.22. The molecule has 0 spiro atoms. The van der Waals surface area contributed by atoms with Gasteiger partial charge in [-0.3, -0.25) is 4.79 Å². The molecule has 98 valence electrons. The van der Waals surface area contributed by atoms with Gasteiger partial charge in [0.05, 0.1) is 5.92 Å². The average Bonchev–Trinajstić information content (AvgIpc) is 2.65. The Morgan fingerprint density at radius 3 is 2.76 bits per heavy atom. The number of amides is 1. The fourth-order valence-corrected chi connectivity index (χ4v) is 1.94. The molecule has 17 heavy (non-hydrogen) atoms. The molecule has 1 aromatic heterocycles. The smallest absolute Gasteiger partial charge is 0.231 e. The van der Waals surface area contributed by atoms with E-state index in [0.717, 1.165) is 19.4 Å². The SMILES string of the molecule is C.CC(=O)N1CCCC(c2nc(C)no2)C1.P. The lowest BCUT2D eigenvalue weighted by molar-refractivity contribution is -0.130. The van der Waals surface area contributed by atoms with Crippen LogP contribution in [-0.4, -0.2) is 34.0 Å². The van der Waals surface area contributed by atoms with Gasteiger partial charge >= 0.3 is 0 Å². The van der Waals surface area contributed by atoms with Crippen molar-refractivity contribution >= 4 is 15.8 Å². The summed E-state index contributed by atoms with van der Waals surface area (Å²) in [6, 6.07) is 0. The van der Waals surface area contributed by atoms with Crippen LogP contribution in [0.4, 0.5) is 0 Å². The van der Waals surface area contributed by atoms with Crippen molar-refractivity contribution < 1.29 is 9.32 Å². The van der Waals surface area contributed by atoms with Gasteiger partial charge in [-0.15, -0.1) is 0 Å². The molecule has 1 aromatic rings. The fraction of sp³-hybridized carbons (Fsp3) is 0.727. The van der Waals surface area contributed by atoms with Crippen LogP contribution < -0.4 is 0 Å². The number of nitrogens with zero attached hydrogens (tertiary/aromatic N) is 3. The van der Waals surface area contributed by atoms with Gasteiger partial charge in [0.1, 0.15) is 0 Å². The Bertz CT molecular complexity index is 367. The van der Waals surface area contributed by atoms with E-state index in [1.165, 1.54) is 0 Å². The Hall–Kier alpha value is -0.960. The third kappa shape index (κ3) is 3.77. The third-order valence-corrected chi connectivity index (χ3v) is 2.76. The summed E-state index contributed by atoms with van der Waals surface area (Å²) in [4.78, 5) is 17.3. The van der Waals surface area contributed by atoms with Crippen molar-refractivity contribution in [2.45, 2.75) is 40.0 Å². The maximum atomic E-state index is 11.2. The van der Waals surface area contributed by atoms with Crippen molar-refractivity contribution in [3.05, 3.63) is 11.7 Å². The molecular formula is C11H22N3O2P. The highest BCUT2D eigenvalue weighted by Crippen LogP contribution is 2.25. The number of carbonyl (C=O) groups excluding carboxylic acids is 1. The Kier molecular flexibility index (Phi) is 6.32. The van der Waals surface area contributed by atoms with Gasteiger partial charge in [0.25, 0.3) is 0 Å². The number of hydrogen-bond acceptors (Lipinski definition) is 4. The van der Waals surface area contributed by atoms with Crippen LogP contribution in [0, 0.1) is 6.92 Å². The highest BCUT2D eigenvalue weighted by atomic mass is 31.0. The van der Waals surface area contributed by atoms with Crippen LogP contribution in [0.15, 0.2) is 4.52 Å². The van der Waals surface area contributed by atoms with Crippen molar-refractivity contribution in [2.24, 2.45) is 0 Å². The summed E-state index contributed by atoms with van der Waals surface area (Å²) in [7, 11) is 0. The molecule has 5 nitrogen and oxygen atoms in total. The van der Waals surface area contributed by atoms with Gasteiger partial charge in [-0.1, -0.05) is 12.6 Å². The number of carbonyl (C=O) groups is 1. The normalized spacial score (nSPS) is 19.2. The topological polar surface area (TPSA) is 59.2 Å². The monoisotopic (exact) mass is 259 g/mol. The standard InChI is InChI=1S/C10H15N3O2.CH4.H3P/c1-7-11-10(15-12-7)9-4-3-5-13(6-9)8(2)14;;/h9H,3-6H2,1-2H3;1H4;1H3. The molecule has 0 bridgehead atoms. The van der Waals surface area contributed by atoms with Crippen molar-refractivity contribution in [3.8, 4) is 0 Å². The molecule has 0 N–H and O–H groups in total. The summed E-state index contributed by atoms with van der Waals surface area (Å²) in [5.41, 5.74) is 0. The molecule has 2 unspecified atom stereocenters. The third-order valence-electron chi connectivity index (χ3n) is 2.76. The Balaban J connectivity index is 0.00000128. The van der Waals surface area contributed by atoms with Crippen molar-refractivity contribution in [2.75, 3.05) is 13.1 Å². The van der Waals surface area contributed by atoms with E-state index < -0.39 is 0 Å². The van der Waals surface area contributed by atoms with Gasteiger partial charge < -0.3 is 9.42 Å². The maximum absolute atomic E-state index is 11.2. The minimum Gasteiger partial charge on any atom is -0.342 e. The van der Waals surface area contributed by atoms with E-state index >= 15 is 0 Å². The van der Waals surface area contributed by atoms with Crippen molar-refractivity contribution in [1.82, 2.24) is 15.0 Å². The van der Waals surface area contributed by atoms with E-state index in [0.29, 0.717) is 18.3 Å². The minimum absolute atomic E-state index is 0. The molecular weight excluding hydrogens is 237 g/mol. The second-order valence-corrected chi connectivity index (χ2v) is 3.98. The Morgan fingerprint density at radius 1 is 1.53 bits per heavy atom. The minimum atomic E-state index is 0. The van der Waals surface area contributed by atoms with Gasteiger partial charge in [0.15, 0.2) is 5.82 Å². The van der Waals surface area contributed by atoms with Crippen LogP contribution >= 0.6 is 9.90 Å². The fourth-order valence-electron chi connectivity index (χ4n) is 1.94. The summed E-state index contributed by atoms with van der Waals surface area (Å²) in [5, 5.41) is 3.77. The van der Waals surface area contributed by atoms with Crippen LogP contribution in [-0.2, 0) is 4.79 Å². The molecule has 0 radical (unpaired) electrons.